The third kappa shape index (κ3) is 3.28. The lowest BCUT2D eigenvalue weighted by atomic mass is 10.2. The van der Waals surface area contributed by atoms with Gasteiger partial charge in [-0.3, -0.25) is 4.72 Å². The molecule has 0 saturated carbocycles. The highest BCUT2D eigenvalue weighted by atomic mass is 35.5. The fraction of sp³-hybridized carbons (Fsp3) is 0.143. The molecule has 0 aliphatic carbocycles. The smallest absolute Gasteiger partial charge is 0.261 e. The van der Waals surface area contributed by atoms with Crippen molar-refractivity contribution in [3.05, 3.63) is 52.3 Å². The zero-order chi connectivity index (χ0) is 15.8. The lowest BCUT2D eigenvalue weighted by Gasteiger charge is -2.11. The van der Waals surface area contributed by atoms with Crippen molar-refractivity contribution in [2.75, 3.05) is 10.5 Å². The minimum absolute atomic E-state index is 0.0251. The first-order valence-electron chi connectivity index (χ1n) is 6.05. The van der Waals surface area contributed by atoms with Gasteiger partial charge in [0.05, 0.1) is 21.3 Å². The Bertz CT molecular complexity index is 784. The average molecular weight is 329 g/mol. The maximum atomic E-state index is 13.5. The number of benzene rings is 2. The topological polar surface area (TPSA) is 72.2 Å². The predicted octanol–water partition coefficient (Wildman–Crippen LogP) is 3.48. The van der Waals surface area contributed by atoms with E-state index in [9.17, 15) is 12.8 Å². The molecule has 112 valence electrons. The second-order valence-electron chi connectivity index (χ2n) is 4.71. The first kappa shape index (κ1) is 15.6. The minimum Gasteiger partial charge on any atom is -0.397 e. The summed E-state index contributed by atoms with van der Waals surface area (Å²) >= 11 is 5.91. The standard InChI is InChI=1S/C14H14ClFN2O2S/c1-8-3-4-10(6-12(8)16)18-21(19,20)11-5-9(2)14(15)13(17)7-11/h3-7,18H,17H2,1-2H3. The lowest BCUT2D eigenvalue weighted by Crippen LogP contribution is -2.14. The van der Waals surface area contributed by atoms with Crippen molar-refractivity contribution in [2.45, 2.75) is 18.7 Å². The number of sulfonamides is 1. The molecule has 4 nitrogen and oxygen atoms in total. The summed E-state index contributed by atoms with van der Waals surface area (Å²) in [4.78, 5) is -0.0251. The monoisotopic (exact) mass is 328 g/mol. The summed E-state index contributed by atoms with van der Waals surface area (Å²) in [5, 5.41) is 0.315. The van der Waals surface area contributed by atoms with Crippen molar-refractivity contribution in [3.63, 3.8) is 0 Å². The molecule has 7 heteroatoms. The van der Waals surface area contributed by atoms with Gasteiger partial charge in [0.1, 0.15) is 5.82 Å². The van der Waals surface area contributed by atoms with E-state index in [2.05, 4.69) is 4.72 Å². The van der Waals surface area contributed by atoms with Crippen LogP contribution in [0.2, 0.25) is 5.02 Å². The Morgan fingerprint density at radius 3 is 2.38 bits per heavy atom. The summed E-state index contributed by atoms with van der Waals surface area (Å²) in [5.74, 6) is -0.484. The van der Waals surface area contributed by atoms with Gasteiger partial charge < -0.3 is 5.73 Å². The second kappa shape index (κ2) is 5.54. The van der Waals surface area contributed by atoms with E-state index < -0.39 is 15.8 Å². The SMILES string of the molecule is Cc1ccc(NS(=O)(=O)c2cc(C)c(Cl)c(N)c2)cc1F. The van der Waals surface area contributed by atoms with Gasteiger partial charge in [-0.2, -0.15) is 0 Å². The predicted molar refractivity (Wildman–Crippen MR) is 82.5 cm³/mol. The van der Waals surface area contributed by atoms with Crippen molar-refractivity contribution in [3.8, 4) is 0 Å². The molecule has 0 spiro atoms. The van der Waals surface area contributed by atoms with Gasteiger partial charge in [-0.15, -0.1) is 0 Å². The first-order chi connectivity index (χ1) is 9.70. The van der Waals surface area contributed by atoms with Crippen LogP contribution < -0.4 is 10.5 Å². The third-order valence-corrected chi connectivity index (χ3v) is 4.87. The van der Waals surface area contributed by atoms with Crippen LogP contribution in [-0.2, 0) is 10.0 Å². The average Bonchev–Trinajstić information content (AvgIpc) is 2.39. The molecule has 21 heavy (non-hydrogen) atoms. The van der Waals surface area contributed by atoms with E-state index in [-0.39, 0.29) is 16.3 Å². The summed E-state index contributed by atoms with van der Waals surface area (Å²) in [5.41, 5.74) is 6.97. The molecule has 2 rings (SSSR count). The fourth-order valence-electron chi connectivity index (χ4n) is 1.79. The number of anilines is 2. The Kier molecular flexibility index (Phi) is 4.11. The van der Waals surface area contributed by atoms with Gasteiger partial charge in [0.15, 0.2) is 0 Å². The minimum atomic E-state index is -3.86. The zero-order valence-corrected chi connectivity index (χ0v) is 13.0. The molecule has 0 atom stereocenters. The summed E-state index contributed by atoms with van der Waals surface area (Å²) in [7, 11) is -3.86. The van der Waals surface area contributed by atoms with E-state index >= 15 is 0 Å². The Labute approximate surface area is 127 Å². The van der Waals surface area contributed by atoms with Crippen LogP contribution >= 0.6 is 11.6 Å². The van der Waals surface area contributed by atoms with E-state index in [4.69, 9.17) is 17.3 Å². The third-order valence-electron chi connectivity index (χ3n) is 2.99. The molecular weight excluding hydrogens is 315 g/mol. The Hall–Kier alpha value is -1.79. The van der Waals surface area contributed by atoms with Crippen molar-refractivity contribution in [1.82, 2.24) is 0 Å². The molecule has 0 radical (unpaired) electrons. The van der Waals surface area contributed by atoms with Crippen LogP contribution in [0.1, 0.15) is 11.1 Å². The molecule has 0 heterocycles. The van der Waals surface area contributed by atoms with Crippen LogP contribution in [-0.4, -0.2) is 8.42 Å². The van der Waals surface area contributed by atoms with Crippen LogP contribution in [0.15, 0.2) is 35.2 Å². The van der Waals surface area contributed by atoms with Crippen molar-refractivity contribution < 1.29 is 12.8 Å². The van der Waals surface area contributed by atoms with Crippen LogP contribution in [0, 0.1) is 19.7 Å². The van der Waals surface area contributed by atoms with E-state index in [1.165, 1.54) is 24.3 Å². The number of halogens is 2. The van der Waals surface area contributed by atoms with Crippen LogP contribution in [0.4, 0.5) is 15.8 Å². The van der Waals surface area contributed by atoms with Gasteiger partial charge in [0.2, 0.25) is 0 Å². The molecule has 2 aromatic carbocycles. The maximum absolute atomic E-state index is 13.5. The second-order valence-corrected chi connectivity index (χ2v) is 6.77. The highest BCUT2D eigenvalue weighted by Crippen LogP contribution is 2.28. The number of rotatable bonds is 3. The van der Waals surface area contributed by atoms with E-state index in [1.54, 1.807) is 13.8 Å². The van der Waals surface area contributed by atoms with Crippen LogP contribution in [0.5, 0.6) is 0 Å². The van der Waals surface area contributed by atoms with Gasteiger partial charge in [-0.1, -0.05) is 17.7 Å². The van der Waals surface area contributed by atoms with Gasteiger partial charge in [0.25, 0.3) is 10.0 Å². The lowest BCUT2D eigenvalue weighted by molar-refractivity contribution is 0.601. The first-order valence-corrected chi connectivity index (χ1v) is 7.91. The largest absolute Gasteiger partial charge is 0.397 e. The molecule has 3 N–H and O–H groups in total. The number of nitrogen functional groups attached to an aromatic ring is 1. The molecule has 0 aromatic heterocycles. The number of hydrogen-bond donors (Lipinski definition) is 2. The molecular formula is C14H14ClFN2O2S. The number of hydrogen-bond acceptors (Lipinski definition) is 3. The molecule has 0 aliphatic rings. The quantitative estimate of drug-likeness (QED) is 0.847. The van der Waals surface area contributed by atoms with Crippen LogP contribution in [0.25, 0.3) is 0 Å². The Morgan fingerprint density at radius 2 is 1.81 bits per heavy atom. The highest BCUT2D eigenvalue weighted by Gasteiger charge is 2.17. The number of aryl methyl sites for hydroxylation is 2. The molecule has 0 saturated heterocycles. The van der Waals surface area contributed by atoms with Crippen molar-refractivity contribution in [1.29, 1.82) is 0 Å². The molecule has 0 unspecified atom stereocenters. The summed E-state index contributed by atoms with van der Waals surface area (Å²) in [6, 6.07) is 6.78. The van der Waals surface area contributed by atoms with Gasteiger partial charge in [-0.05, 0) is 49.2 Å². The summed E-state index contributed by atoms with van der Waals surface area (Å²) in [6.07, 6.45) is 0. The molecule has 0 amide bonds. The number of nitrogens with two attached hydrogens (primary N) is 1. The Balaban J connectivity index is 2.40. The summed E-state index contributed by atoms with van der Waals surface area (Å²) < 4.78 is 40.3. The van der Waals surface area contributed by atoms with Gasteiger partial charge in [-0.25, -0.2) is 12.8 Å². The van der Waals surface area contributed by atoms with E-state index in [0.717, 1.165) is 6.07 Å². The van der Waals surface area contributed by atoms with Gasteiger partial charge >= 0.3 is 0 Å². The van der Waals surface area contributed by atoms with Crippen LogP contribution in [0.3, 0.4) is 0 Å². The fourth-order valence-corrected chi connectivity index (χ4v) is 3.07. The number of nitrogens with one attached hydrogen (secondary N) is 1. The zero-order valence-electron chi connectivity index (χ0n) is 11.4. The molecule has 0 aliphatic heterocycles. The summed E-state index contributed by atoms with van der Waals surface area (Å²) in [6.45, 7) is 3.25. The van der Waals surface area contributed by atoms with E-state index in [1.807, 2.05) is 0 Å². The molecule has 0 bridgehead atoms. The highest BCUT2D eigenvalue weighted by molar-refractivity contribution is 7.92. The van der Waals surface area contributed by atoms with Crippen molar-refractivity contribution >= 4 is 33.0 Å². The van der Waals surface area contributed by atoms with E-state index in [0.29, 0.717) is 16.1 Å². The van der Waals surface area contributed by atoms with Crippen molar-refractivity contribution in [2.24, 2.45) is 0 Å². The maximum Gasteiger partial charge on any atom is 0.261 e. The normalized spacial score (nSPS) is 11.4. The molecule has 2 aromatic rings. The molecule has 0 fully saturated rings. The van der Waals surface area contributed by atoms with Gasteiger partial charge in [0, 0.05) is 0 Å². The Morgan fingerprint density at radius 1 is 1.14 bits per heavy atom.